The number of hydrogen-bond donors (Lipinski definition) is 1. The third-order valence-electron chi connectivity index (χ3n) is 2.43. The number of ether oxygens (including phenoxy) is 1. The van der Waals surface area contributed by atoms with Crippen LogP contribution in [0.4, 0.5) is 0 Å². The van der Waals surface area contributed by atoms with E-state index >= 15 is 0 Å². The number of carbonyl (C=O) groups is 1. The first kappa shape index (κ1) is 11.0. The number of amides is 1. The van der Waals surface area contributed by atoms with Gasteiger partial charge in [0, 0.05) is 12.6 Å². The minimum absolute atomic E-state index is 0.0854. The Morgan fingerprint density at radius 2 is 2.50 bits per heavy atom. The molecule has 1 aliphatic rings. The third kappa shape index (κ3) is 2.71. The summed E-state index contributed by atoms with van der Waals surface area (Å²) in [6, 6.07) is 1.93. The maximum atomic E-state index is 11.6. The molecule has 0 aromatic rings. The summed E-state index contributed by atoms with van der Waals surface area (Å²) in [7, 11) is 0. The van der Waals surface area contributed by atoms with Crippen LogP contribution in [0.1, 0.15) is 26.7 Å². The molecule has 1 rings (SSSR count). The summed E-state index contributed by atoms with van der Waals surface area (Å²) in [4.78, 5) is 11.6. The minimum atomic E-state index is -0.323. The van der Waals surface area contributed by atoms with E-state index in [1.807, 2.05) is 19.9 Å². The van der Waals surface area contributed by atoms with Gasteiger partial charge in [-0.2, -0.15) is 5.26 Å². The molecule has 3 unspecified atom stereocenters. The molecule has 1 heterocycles. The van der Waals surface area contributed by atoms with Crippen molar-refractivity contribution in [3.8, 4) is 6.07 Å². The smallest absolute Gasteiger partial charge is 0.249 e. The molecular weight excluding hydrogens is 180 g/mol. The second kappa shape index (κ2) is 4.97. The highest BCUT2D eigenvalue weighted by molar-refractivity contribution is 5.81. The van der Waals surface area contributed by atoms with Crippen molar-refractivity contribution in [3.05, 3.63) is 0 Å². The van der Waals surface area contributed by atoms with Crippen LogP contribution in [0, 0.1) is 17.2 Å². The number of nitriles is 1. The molecule has 0 bridgehead atoms. The molecule has 1 saturated heterocycles. The fourth-order valence-electron chi connectivity index (χ4n) is 1.54. The van der Waals surface area contributed by atoms with Crippen LogP contribution < -0.4 is 5.32 Å². The van der Waals surface area contributed by atoms with Crippen LogP contribution in [0.15, 0.2) is 0 Å². The fraction of sp³-hybridized carbons (Fsp3) is 0.800. The lowest BCUT2D eigenvalue weighted by Crippen LogP contribution is -2.41. The first-order valence-corrected chi connectivity index (χ1v) is 4.94. The number of nitrogens with one attached hydrogen (secondary N) is 1. The van der Waals surface area contributed by atoms with Gasteiger partial charge in [0.2, 0.25) is 5.91 Å². The van der Waals surface area contributed by atoms with E-state index in [2.05, 4.69) is 5.32 Å². The van der Waals surface area contributed by atoms with Gasteiger partial charge in [0.15, 0.2) is 0 Å². The van der Waals surface area contributed by atoms with E-state index in [1.54, 1.807) is 0 Å². The predicted octanol–water partition coefficient (Wildman–Crippen LogP) is 0.830. The van der Waals surface area contributed by atoms with Gasteiger partial charge in [0.25, 0.3) is 0 Å². The molecule has 0 spiro atoms. The number of carbonyl (C=O) groups excluding carboxylic acids is 1. The quantitative estimate of drug-likeness (QED) is 0.727. The summed E-state index contributed by atoms with van der Waals surface area (Å²) in [5.41, 5.74) is 0. The summed E-state index contributed by atoms with van der Waals surface area (Å²) in [5, 5.41) is 11.2. The second-order valence-corrected chi connectivity index (χ2v) is 3.83. The Bertz CT molecular complexity index is 247. The first-order chi connectivity index (χ1) is 6.65. The van der Waals surface area contributed by atoms with Crippen molar-refractivity contribution in [2.75, 3.05) is 6.61 Å². The molecule has 0 saturated carbocycles. The Labute approximate surface area is 84.2 Å². The van der Waals surface area contributed by atoms with Crippen LogP contribution in [0.5, 0.6) is 0 Å². The van der Waals surface area contributed by atoms with Gasteiger partial charge in [-0.15, -0.1) is 0 Å². The fourth-order valence-corrected chi connectivity index (χ4v) is 1.54. The zero-order valence-electron chi connectivity index (χ0n) is 8.62. The van der Waals surface area contributed by atoms with Gasteiger partial charge in [0.1, 0.15) is 6.10 Å². The molecule has 1 N–H and O–H groups in total. The zero-order valence-corrected chi connectivity index (χ0v) is 8.62. The van der Waals surface area contributed by atoms with Crippen molar-refractivity contribution in [1.82, 2.24) is 5.32 Å². The summed E-state index contributed by atoms with van der Waals surface area (Å²) < 4.78 is 5.31. The standard InChI is InChI=1S/C10H16N2O2/c1-7-4-6-14-9(7)10(13)12-8(2)3-5-11/h7-9H,3-4,6H2,1-2H3,(H,12,13). The zero-order chi connectivity index (χ0) is 10.6. The van der Waals surface area contributed by atoms with E-state index in [0.29, 0.717) is 13.0 Å². The molecule has 0 aliphatic carbocycles. The molecule has 3 atom stereocenters. The van der Waals surface area contributed by atoms with E-state index < -0.39 is 0 Å². The number of nitrogens with zero attached hydrogens (tertiary/aromatic N) is 1. The second-order valence-electron chi connectivity index (χ2n) is 3.83. The predicted molar refractivity (Wildman–Crippen MR) is 51.4 cm³/mol. The van der Waals surface area contributed by atoms with Crippen LogP contribution >= 0.6 is 0 Å². The Kier molecular flexibility index (Phi) is 3.90. The van der Waals surface area contributed by atoms with Gasteiger partial charge in [-0.25, -0.2) is 0 Å². The van der Waals surface area contributed by atoms with E-state index in [0.717, 1.165) is 6.42 Å². The number of rotatable bonds is 3. The van der Waals surface area contributed by atoms with Crippen molar-refractivity contribution in [3.63, 3.8) is 0 Å². The molecule has 78 valence electrons. The highest BCUT2D eigenvalue weighted by Gasteiger charge is 2.31. The molecule has 14 heavy (non-hydrogen) atoms. The first-order valence-electron chi connectivity index (χ1n) is 4.94. The van der Waals surface area contributed by atoms with Crippen LogP contribution in [0.25, 0.3) is 0 Å². The molecule has 1 amide bonds. The third-order valence-corrected chi connectivity index (χ3v) is 2.43. The Balaban J connectivity index is 2.38. The minimum Gasteiger partial charge on any atom is -0.368 e. The van der Waals surface area contributed by atoms with Crippen LogP contribution in [-0.4, -0.2) is 24.7 Å². The molecule has 0 radical (unpaired) electrons. The van der Waals surface area contributed by atoms with Crippen LogP contribution in [-0.2, 0) is 9.53 Å². The van der Waals surface area contributed by atoms with E-state index in [9.17, 15) is 4.79 Å². The van der Waals surface area contributed by atoms with Gasteiger partial charge in [-0.05, 0) is 19.3 Å². The maximum Gasteiger partial charge on any atom is 0.249 e. The van der Waals surface area contributed by atoms with Crippen molar-refractivity contribution < 1.29 is 9.53 Å². The van der Waals surface area contributed by atoms with Crippen LogP contribution in [0.2, 0.25) is 0 Å². The normalized spacial score (nSPS) is 28.1. The lowest BCUT2D eigenvalue weighted by Gasteiger charge is -2.17. The van der Waals surface area contributed by atoms with Gasteiger partial charge in [-0.3, -0.25) is 4.79 Å². The molecule has 1 fully saturated rings. The van der Waals surface area contributed by atoms with Crippen molar-refractivity contribution in [1.29, 1.82) is 5.26 Å². The van der Waals surface area contributed by atoms with Gasteiger partial charge < -0.3 is 10.1 Å². The molecular formula is C10H16N2O2. The van der Waals surface area contributed by atoms with Crippen molar-refractivity contribution in [2.45, 2.75) is 38.8 Å². The Morgan fingerprint density at radius 3 is 3.00 bits per heavy atom. The Morgan fingerprint density at radius 1 is 1.79 bits per heavy atom. The lowest BCUT2D eigenvalue weighted by atomic mass is 10.0. The molecule has 0 aromatic heterocycles. The van der Waals surface area contributed by atoms with Crippen molar-refractivity contribution in [2.24, 2.45) is 5.92 Å². The molecule has 4 nitrogen and oxygen atoms in total. The van der Waals surface area contributed by atoms with Gasteiger partial charge in [-0.1, -0.05) is 6.92 Å². The van der Waals surface area contributed by atoms with E-state index in [-0.39, 0.29) is 24.0 Å². The summed E-state index contributed by atoms with van der Waals surface area (Å²) in [6.07, 6.45) is 0.952. The summed E-state index contributed by atoms with van der Waals surface area (Å²) in [5.74, 6) is 0.196. The molecule has 4 heteroatoms. The van der Waals surface area contributed by atoms with E-state index in [1.165, 1.54) is 0 Å². The van der Waals surface area contributed by atoms with Crippen LogP contribution in [0.3, 0.4) is 0 Å². The maximum absolute atomic E-state index is 11.6. The number of hydrogen-bond acceptors (Lipinski definition) is 3. The molecule has 1 aliphatic heterocycles. The SMILES string of the molecule is CC(CC#N)NC(=O)C1OCCC1C. The van der Waals surface area contributed by atoms with Gasteiger partial charge in [0.05, 0.1) is 12.5 Å². The topological polar surface area (TPSA) is 62.1 Å². The highest BCUT2D eigenvalue weighted by Crippen LogP contribution is 2.20. The van der Waals surface area contributed by atoms with Gasteiger partial charge >= 0.3 is 0 Å². The summed E-state index contributed by atoms with van der Waals surface area (Å²) in [6.45, 7) is 4.48. The average Bonchev–Trinajstić information content (AvgIpc) is 2.51. The van der Waals surface area contributed by atoms with E-state index in [4.69, 9.17) is 10.00 Å². The lowest BCUT2D eigenvalue weighted by molar-refractivity contribution is -0.132. The van der Waals surface area contributed by atoms with Crippen molar-refractivity contribution >= 4 is 5.91 Å². The highest BCUT2D eigenvalue weighted by atomic mass is 16.5. The monoisotopic (exact) mass is 196 g/mol. The largest absolute Gasteiger partial charge is 0.368 e. The molecule has 0 aromatic carbocycles. The summed E-state index contributed by atoms with van der Waals surface area (Å²) >= 11 is 0. The Hall–Kier alpha value is -1.08. The average molecular weight is 196 g/mol.